The first-order valence-corrected chi connectivity index (χ1v) is 10.4. The Labute approximate surface area is 159 Å². The van der Waals surface area contributed by atoms with Gasteiger partial charge in [0, 0.05) is 0 Å². The molecule has 12 heteroatoms. The molecule has 2 N–H and O–H groups in total. The van der Waals surface area contributed by atoms with Gasteiger partial charge in [-0.15, -0.1) is 0 Å². The van der Waals surface area contributed by atoms with Crippen molar-refractivity contribution in [3.63, 3.8) is 0 Å². The summed E-state index contributed by atoms with van der Waals surface area (Å²) in [5.41, 5.74) is 0. The second-order valence-electron chi connectivity index (χ2n) is 4.92. The summed E-state index contributed by atoms with van der Waals surface area (Å²) in [4.78, 5) is 19.7. The molecule has 0 radical (unpaired) electrons. The minimum atomic E-state index is -4.27. The average Bonchev–Trinajstić information content (AvgIpc) is 2.66. The van der Waals surface area contributed by atoms with E-state index >= 15 is 0 Å². The van der Waals surface area contributed by atoms with E-state index in [9.17, 15) is 17.8 Å². The Balaban J connectivity index is 2.23. The van der Waals surface area contributed by atoms with Crippen LogP contribution in [0.2, 0.25) is 0 Å². The lowest BCUT2D eigenvalue weighted by atomic mass is 10.4. The van der Waals surface area contributed by atoms with E-state index in [0.29, 0.717) is 0 Å². The van der Waals surface area contributed by atoms with Crippen LogP contribution in [0.5, 0.6) is 11.8 Å². The Morgan fingerprint density at radius 3 is 2.33 bits per heavy atom. The van der Waals surface area contributed by atoms with Gasteiger partial charge < -0.3 is 14.0 Å². The maximum atomic E-state index is 12.5. The van der Waals surface area contributed by atoms with Gasteiger partial charge in [-0.2, -0.15) is 9.97 Å². The van der Waals surface area contributed by atoms with Crippen molar-refractivity contribution in [2.45, 2.75) is 16.7 Å². The molecule has 0 aliphatic rings. The number of hydrogen-bond acceptors (Lipinski definition) is 8. The maximum Gasteiger partial charge on any atom is 0.335 e. The second-order valence-corrected chi connectivity index (χ2v) is 8.28. The van der Waals surface area contributed by atoms with E-state index < -0.39 is 27.2 Å². The number of rotatable bonds is 7. The van der Waals surface area contributed by atoms with E-state index in [0.717, 1.165) is 0 Å². The van der Waals surface area contributed by atoms with E-state index in [2.05, 4.69) is 15.3 Å². The fourth-order valence-corrected chi connectivity index (χ4v) is 4.43. The Morgan fingerprint density at radius 2 is 1.78 bits per heavy atom. The fraction of sp³-hybridized carbons (Fsp3) is 0.267. The average molecular weight is 414 g/mol. The van der Waals surface area contributed by atoms with Gasteiger partial charge in [-0.3, -0.25) is 5.32 Å². The Hall–Kier alpha value is -2.57. The first-order valence-electron chi connectivity index (χ1n) is 7.59. The number of benzene rings is 1. The molecule has 27 heavy (non-hydrogen) atoms. The number of aromatic nitrogens is 2. The molecule has 2 rings (SSSR count). The molecule has 0 bridgehead atoms. The number of amides is 2. The van der Waals surface area contributed by atoms with Crippen LogP contribution < -0.4 is 19.5 Å². The van der Waals surface area contributed by atoms with Gasteiger partial charge in [0.2, 0.25) is 17.7 Å². The van der Waals surface area contributed by atoms with Crippen LogP contribution in [0.25, 0.3) is 0 Å². The molecule has 1 aromatic carbocycles. The maximum absolute atomic E-state index is 12.5. The second kappa shape index (κ2) is 8.88. The van der Waals surface area contributed by atoms with Crippen LogP contribution in [0.15, 0.2) is 40.1 Å². The van der Waals surface area contributed by atoms with Gasteiger partial charge in [0.25, 0.3) is 10.0 Å². The first kappa shape index (κ1) is 20.7. The molecule has 1 heterocycles. The van der Waals surface area contributed by atoms with Gasteiger partial charge in [-0.1, -0.05) is 12.1 Å². The molecule has 0 saturated carbocycles. The van der Waals surface area contributed by atoms with E-state index in [4.69, 9.17) is 9.47 Å². The number of nitrogens with one attached hydrogen (secondary N) is 2. The minimum Gasteiger partial charge on any atom is -0.611 e. The summed E-state index contributed by atoms with van der Waals surface area (Å²) >= 11 is -1.52. The van der Waals surface area contributed by atoms with Crippen LogP contribution in [-0.4, -0.2) is 48.9 Å². The van der Waals surface area contributed by atoms with Crippen LogP contribution >= 0.6 is 0 Å². The topological polar surface area (TPSA) is 143 Å². The lowest BCUT2D eigenvalue weighted by Crippen LogP contribution is -2.35. The molecule has 0 saturated heterocycles. The molecule has 1 aromatic heterocycles. The van der Waals surface area contributed by atoms with Crippen LogP contribution in [0.1, 0.15) is 6.92 Å². The molecule has 0 fully saturated rings. The normalized spacial score (nSPS) is 12.1. The molecular weight excluding hydrogens is 396 g/mol. The number of anilines is 1. The quantitative estimate of drug-likeness (QED) is 0.642. The van der Waals surface area contributed by atoms with Crippen molar-refractivity contribution < 1.29 is 27.2 Å². The van der Waals surface area contributed by atoms with Crippen LogP contribution in [0.4, 0.5) is 10.7 Å². The molecular formula is C15H18N4O6S2. The van der Waals surface area contributed by atoms with E-state index in [-0.39, 0.29) is 33.3 Å². The molecule has 2 aromatic rings. The SMILES string of the molecule is CC[S+]([O-])c1ccccc1S(=O)(=O)NC(=O)Nc1nc(OC)cc(OC)n1. The Morgan fingerprint density at radius 1 is 1.19 bits per heavy atom. The minimum absolute atomic E-state index is 0.111. The van der Waals surface area contributed by atoms with Gasteiger partial charge in [0.1, 0.15) is 10.6 Å². The lowest BCUT2D eigenvalue weighted by Gasteiger charge is -2.13. The van der Waals surface area contributed by atoms with Gasteiger partial charge >= 0.3 is 6.03 Å². The van der Waals surface area contributed by atoms with Crippen molar-refractivity contribution in [2.24, 2.45) is 0 Å². The van der Waals surface area contributed by atoms with Crippen LogP contribution in [0, 0.1) is 0 Å². The fourth-order valence-electron chi connectivity index (χ4n) is 1.99. The van der Waals surface area contributed by atoms with Crippen molar-refractivity contribution in [1.29, 1.82) is 0 Å². The summed E-state index contributed by atoms with van der Waals surface area (Å²) in [7, 11) is -1.55. The zero-order chi connectivity index (χ0) is 20.0. The Bertz CT molecular complexity index is 900. The molecule has 0 aliphatic heterocycles. The summed E-state index contributed by atoms with van der Waals surface area (Å²) in [6, 6.07) is 6.03. The number of sulfonamides is 1. The van der Waals surface area contributed by atoms with E-state index in [1.54, 1.807) is 13.0 Å². The third-order valence-electron chi connectivity index (χ3n) is 3.20. The van der Waals surface area contributed by atoms with Crippen molar-refractivity contribution in [3.05, 3.63) is 30.3 Å². The molecule has 2 amide bonds. The van der Waals surface area contributed by atoms with E-state index in [1.807, 2.05) is 4.72 Å². The summed E-state index contributed by atoms with van der Waals surface area (Å²) in [6.07, 6.45) is 0. The lowest BCUT2D eigenvalue weighted by molar-refractivity contribution is 0.256. The van der Waals surface area contributed by atoms with E-state index in [1.165, 1.54) is 38.5 Å². The van der Waals surface area contributed by atoms with Crippen molar-refractivity contribution >= 4 is 33.2 Å². The highest BCUT2D eigenvalue weighted by atomic mass is 32.2. The highest BCUT2D eigenvalue weighted by molar-refractivity contribution is 7.93. The molecule has 10 nitrogen and oxygen atoms in total. The van der Waals surface area contributed by atoms with Crippen LogP contribution in [0.3, 0.4) is 0 Å². The van der Waals surface area contributed by atoms with Crippen molar-refractivity contribution in [3.8, 4) is 11.8 Å². The third kappa shape index (κ3) is 5.21. The van der Waals surface area contributed by atoms with Crippen LogP contribution in [-0.2, 0) is 21.2 Å². The smallest absolute Gasteiger partial charge is 0.335 e. The number of hydrogen-bond donors (Lipinski definition) is 2. The predicted octanol–water partition coefficient (Wildman–Crippen LogP) is 1.13. The summed E-state index contributed by atoms with van der Waals surface area (Å²) in [5.74, 6) is 0.243. The first-order chi connectivity index (χ1) is 12.8. The highest BCUT2D eigenvalue weighted by Gasteiger charge is 2.26. The number of ether oxygens (including phenoxy) is 2. The van der Waals surface area contributed by atoms with Crippen molar-refractivity contribution in [1.82, 2.24) is 14.7 Å². The molecule has 0 spiro atoms. The number of methoxy groups -OCH3 is 2. The largest absolute Gasteiger partial charge is 0.611 e. The summed E-state index contributed by atoms with van der Waals surface area (Å²) in [6.45, 7) is 1.66. The van der Waals surface area contributed by atoms with Gasteiger partial charge in [-0.25, -0.2) is 17.9 Å². The summed E-state index contributed by atoms with van der Waals surface area (Å²) < 4.78 is 48.9. The zero-order valence-corrected chi connectivity index (χ0v) is 16.4. The number of carbonyl (C=O) groups is 1. The highest BCUT2D eigenvalue weighted by Crippen LogP contribution is 2.22. The molecule has 1 atom stereocenters. The summed E-state index contributed by atoms with van der Waals surface area (Å²) in [5, 5.41) is 2.19. The monoisotopic (exact) mass is 414 g/mol. The van der Waals surface area contributed by atoms with Crippen molar-refractivity contribution in [2.75, 3.05) is 25.3 Å². The predicted molar refractivity (Wildman–Crippen MR) is 97.9 cm³/mol. The standard InChI is InChI=1S/C15H18N4O6S2/c1-4-26(21)10-7-5-6-8-11(10)27(22,23)19-15(20)18-14-16-12(24-2)9-13(17-14)25-3/h5-9H,4H2,1-3H3,(H2,16,17,18,19,20). The van der Waals surface area contributed by atoms with Gasteiger partial charge in [0.05, 0.1) is 20.3 Å². The number of carbonyl (C=O) groups excluding carboxylic acids is 1. The molecule has 146 valence electrons. The Kier molecular flexibility index (Phi) is 6.82. The molecule has 0 aliphatic carbocycles. The van der Waals surface area contributed by atoms with Gasteiger partial charge in [-0.05, 0) is 30.2 Å². The zero-order valence-electron chi connectivity index (χ0n) is 14.8. The van der Waals surface area contributed by atoms with Gasteiger partial charge in [0.15, 0.2) is 4.90 Å². The molecule has 1 unspecified atom stereocenters. The third-order valence-corrected chi connectivity index (χ3v) is 6.09. The number of urea groups is 1. The number of nitrogens with zero attached hydrogens (tertiary/aromatic N) is 2.